The molecule has 0 bridgehead atoms. The first-order chi connectivity index (χ1) is 9.76. The number of hydrogen-bond acceptors (Lipinski definition) is 5. The van der Waals surface area contributed by atoms with Gasteiger partial charge in [0.25, 0.3) is 0 Å². The summed E-state index contributed by atoms with van der Waals surface area (Å²) in [5, 5.41) is 6.77. The Morgan fingerprint density at radius 3 is 3.05 bits per heavy atom. The SMILES string of the molecule is COc1cc(Nc2cccc3c2CCNC3)nc(C)n1. The summed E-state index contributed by atoms with van der Waals surface area (Å²) < 4.78 is 5.18. The Balaban J connectivity index is 1.93. The van der Waals surface area contributed by atoms with Gasteiger partial charge in [-0.25, -0.2) is 4.98 Å². The van der Waals surface area contributed by atoms with Crippen molar-refractivity contribution in [3.63, 3.8) is 0 Å². The number of ether oxygens (including phenoxy) is 1. The maximum atomic E-state index is 5.18. The van der Waals surface area contributed by atoms with Crippen LogP contribution in [0.3, 0.4) is 0 Å². The van der Waals surface area contributed by atoms with Crippen molar-refractivity contribution in [2.75, 3.05) is 19.0 Å². The maximum Gasteiger partial charge on any atom is 0.218 e. The minimum Gasteiger partial charge on any atom is -0.481 e. The average molecular weight is 270 g/mol. The molecule has 1 aliphatic heterocycles. The molecule has 2 N–H and O–H groups in total. The number of methoxy groups -OCH3 is 1. The first-order valence-corrected chi connectivity index (χ1v) is 6.74. The van der Waals surface area contributed by atoms with E-state index in [-0.39, 0.29) is 0 Å². The number of rotatable bonds is 3. The van der Waals surface area contributed by atoms with Gasteiger partial charge in [-0.2, -0.15) is 4.98 Å². The lowest BCUT2D eigenvalue weighted by molar-refractivity contribution is 0.396. The smallest absolute Gasteiger partial charge is 0.218 e. The van der Waals surface area contributed by atoms with Gasteiger partial charge in [0.1, 0.15) is 11.6 Å². The van der Waals surface area contributed by atoms with Crippen molar-refractivity contribution in [2.24, 2.45) is 0 Å². The van der Waals surface area contributed by atoms with Crippen LogP contribution in [0.1, 0.15) is 17.0 Å². The molecule has 1 aromatic heterocycles. The molecular formula is C15H18N4O. The van der Waals surface area contributed by atoms with Gasteiger partial charge in [0.15, 0.2) is 0 Å². The molecule has 0 saturated carbocycles. The largest absolute Gasteiger partial charge is 0.481 e. The van der Waals surface area contributed by atoms with E-state index >= 15 is 0 Å². The van der Waals surface area contributed by atoms with Gasteiger partial charge in [0.2, 0.25) is 5.88 Å². The Labute approximate surface area is 118 Å². The average Bonchev–Trinajstić information content (AvgIpc) is 2.47. The minimum atomic E-state index is 0.575. The normalized spacial score (nSPS) is 13.7. The van der Waals surface area contributed by atoms with Crippen molar-refractivity contribution >= 4 is 11.5 Å². The first kappa shape index (κ1) is 12.9. The number of fused-ring (bicyclic) bond motifs is 1. The second kappa shape index (κ2) is 5.46. The Bertz CT molecular complexity index is 627. The summed E-state index contributed by atoms with van der Waals surface area (Å²) in [5.74, 6) is 2.03. The minimum absolute atomic E-state index is 0.575. The molecule has 0 aliphatic carbocycles. The molecule has 0 fully saturated rings. The first-order valence-electron chi connectivity index (χ1n) is 6.74. The third kappa shape index (κ3) is 2.58. The van der Waals surface area contributed by atoms with Gasteiger partial charge in [-0.3, -0.25) is 0 Å². The fourth-order valence-electron chi connectivity index (χ4n) is 2.50. The van der Waals surface area contributed by atoms with E-state index in [4.69, 9.17) is 4.74 Å². The second-order valence-corrected chi connectivity index (χ2v) is 4.84. The molecule has 0 unspecified atom stereocenters. The molecule has 0 atom stereocenters. The van der Waals surface area contributed by atoms with Crippen molar-refractivity contribution in [1.82, 2.24) is 15.3 Å². The van der Waals surface area contributed by atoms with Crippen LogP contribution >= 0.6 is 0 Å². The maximum absolute atomic E-state index is 5.18. The van der Waals surface area contributed by atoms with Gasteiger partial charge in [-0.1, -0.05) is 12.1 Å². The van der Waals surface area contributed by atoms with Crippen LogP contribution in [0.5, 0.6) is 5.88 Å². The zero-order valence-corrected chi connectivity index (χ0v) is 11.7. The van der Waals surface area contributed by atoms with Gasteiger partial charge < -0.3 is 15.4 Å². The Kier molecular flexibility index (Phi) is 3.52. The number of aromatic nitrogens is 2. The molecule has 2 heterocycles. The molecule has 1 aromatic carbocycles. The summed E-state index contributed by atoms with van der Waals surface area (Å²) in [6, 6.07) is 8.14. The Hall–Kier alpha value is -2.14. The van der Waals surface area contributed by atoms with Crippen LogP contribution in [0.4, 0.5) is 11.5 Å². The van der Waals surface area contributed by atoms with E-state index < -0.39 is 0 Å². The lowest BCUT2D eigenvalue weighted by Crippen LogP contribution is -2.24. The van der Waals surface area contributed by atoms with Crippen molar-refractivity contribution in [2.45, 2.75) is 19.9 Å². The highest BCUT2D eigenvalue weighted by Gasteiger charge is 2.13. The molecule has 104 valence electrons. The monoisotopic (exact) mass is 270 g/mol. The molecule has 5 heteroatoms. The summed E-state index contributed by atoms with van der Waals surface area (Å²) in [5.41, 5.74) is 3.82. The molecule has 3 rings (SSSR count). The van der Waals surface area contributed by atoms with Crippen LogP contribution in [0.15, 0.2) is 24.3 Å². The van der Waals surface area contributed by atoms with Gasteiger partial charge in [-0.05, 0) is 37.1 Å². The third-order valence-corrected chi connectivity index (χ3v) is 3.43. The van der Waals surface area contributed by atoms with E-state index in [1.807, 2.05) is 13.0 Å². The van der Waals surface area contributed by atoms with Crippen LogP contribution in [0.2, 0.25) is 0 Å². The summed E-state index contributed by atoms with van der Waals surface area (Å²) in [7, 11) is 1.61. The van der Waals surface area contributed by atoms with Crippen LogP contribution in [0.25, 0.3) is 0 Å². The highest BCUT2D eigenvalue weighted by Crippen LogP contribution is 2.26. The highest BCUT2D eigenvalue weighted by atomic mass is 16.5. The van der Waals surface area contributed by atoms with Gasteiger partial charge in [-0.15, -0.1) is 0 Å². The fraction of sp³-hybridized carbons (Fsp3) is 0.333. The summed E-state index contributed by atoms with van der Waals surface area (Å²) in [6.45, 7) is 3.80. The van der Waals surface area contributed by atoms with Gasteiger partial charge in [0.05, 0.1) is 7.11 Å². The molecule has 0 spiro atoms. The van der Waals surface area contributed by atoms with Crippen molar-refractivity contribution < 1.29 is 4.74 Å². The lowest BCUT2D eigenvalue weighted by Gasteiger charge is -2.21. The zero-order chi connectivity index (χ0) is 13.9. The van der Waals surface area contributed by atoms with Crippen molar-refractivity contribution in [3.05, 3.63) is 41.2 Å². The van der Waals surface area contributed by atoms with Crippen molar-refractivity contribution in [3.8, 4) is 5.88 Å². The number of benzene rings is 1. The number of nitrogens with zero attached hydrogens (tertiary/aromatic N) is 2. The van der Waals surface area contributed by atoms with Gasteiger partial charge in [0, 0.05) is 18.3 Å². The fourth-order valence-corrected chi connectivity index (χ4v) is 2.50. The van der Waals surface area contributed by atoms with Crippen LogP contribution in [0, 0.1) is 6.92 Å². The van der Waals surface area contributed by atoms with E-state index in [2.05, 4.69) is 38.8 Å². The quantitative estimate of drug-likeness (QED) is 0.895. The molecule has 20 heavy (non-hydrogen) atoms. The topological polar surface area (TPSA) is 59.1 Å². The number of hydrogen-bond donors (Lipinski definition) is 2. The van der Waals surface area contributed by atoms with Crippen LogP contribution < -0.4 is 15.4 Å². The standard InChI is InChI=1S/C15H18N4O/c1-10-17-14(8-15(18-10)20-2)19-13-5-3-4-11-9-16-7-6-12(11)13/h3-5,8,16H,6-7,9H2,1-2H3,(H,17,18,19). The van der Waals surface area contributed by atoms with E-state index in [0.717, 1.165) is 31.0 Å². The highest BCUT2D eigenvalue weighted by molar-refractivity contribution is 5.63. The summed E-state index contributed by atoms with van der Waals surface area (Å²) >= 11 is 0. The van der Waals surface area contributed by atoms with E-state index in [1.165, 1.54) is 11.1 Å². The molecule has 2 aromatic rings. The Morgan fingerprint density at radius 1 is 1.30 bits per heavy atom. The van der Waals surface area contributed by atoms with E-state index in [9.17, 15) is 0 Å². The number of aryl methyl sites for hydroxylation is 1. The molecular weight excluding hydrogens is 252 g/mol. The molecule has 0 radical (unpaired) electrons. The summed E-state index contributed by atoms with van der Waals surface area (Å²) in [4.78, 5) is 8.61. The predicted octanol–water partition coefficient (Wildman–Crippen LogP) is 2.18. The van der Waals surface area contributed by atoms with Crippen LogP contribution in [-0.2, 0) is 13.0 Å². The van der Waals surface area contributed by atoms with Gasteiger partial charge >= 0.3 is 0 Å². The van der Waals surface area contributed by atoms with E-state index in [0.29, 0.717) is 11.7 Å². The Morgan fingerprint density at radius 2 is 2.20 bits per heavy atom. The number of nitrogens with one attached hydrogen (secondary N) is 2. The zero-order valence-electron chi connectivity index (χ0n) is 11.7. The molecule has 5 nitrogen and oxygen atoms in total. The van der Waals surface area contributed by atoms with Crippen LogP contribution in [-0.4, -0.2) is 23.6 Å². The van der Waals surface area contributed by atoms with Crippen molar-refractivity contribution in [1.29, 1.82) is 0 Å². The van der Waals surface area contributed by atoms with E-state index in [1.54, 1.807) is 7.11 Å². The lowest BCUT2D eigenvalue weighted by atomic mass is 9.99. The number of anilines is 2. The second-order valence-electron chi connectivity index (χ2n) is 4.84. The molecule has 1 aliphatic rings. The predicted molar refractivity (Wildman–Crippen MR) is 78.5 cm³/mol. The molecule has 0 saturated heterocycles. The third-order valence-electron chi connectivity index (χ3n) is 3.43. The summed E-state index contributed by atoms with van der Waals surface area (Å²) in [6.07, 6.45) is 1.03. The molecule has 0 amide bonds.